The van der Waals surface area contributed by atoms with Gasteiger partial charge in [0.1, 0.15) is 0 Å². The molecule has 0 saturated heterocycles. The first-order valence-electron chi connectivity index (χ1n) is 4.69. The van der Waals surface area contributed by atoms with Gasteiger partial charge in [-0.2, -0.15) is 11.3 Å². The van der Waals surface area contributed by atoms with Gasteiger partial charge in [-0.05, 0) is 29.3 Å². The molecule has 0 aliphatic heterocycles. The molecule has 5 heteroatoms. The minimum atomic E-state index is 0.165. The highest BCUT2D eigenvalue weighted by Crippen LogP contribution is 2.20. The molecule has 0 amide bonds. The lowest BCUT2D eigenvalue weighted by Gasteiger charge is -2.12. The van der Waals surface area contributed by atoms with Gasteiger partial charge in [0.2, 0.25) is 0 Å². The minimum absolute atomic E-state index is 0.165. The topological polar surface area (TPSA) is 50.9 Å². The van der Waals surface area contributed by atoms with Gasteiger partial charge < -0.3 is 0 Å². The van der Waals surface area contributed by atoms with Crippen LogP contribution in [0.1, 0.15) is 22.3 Å². The normalized spacial score (nSPS) is 12.9. The van der Waals surface area contributed by atoms with Crippen LogP contribution in [0.5, 0.6) is 0 Å². The number of nitrogens with two attached hydrogens (primary N) is 1. The summed E-state index contributed by atoms with van der Waals surface area (Å²) in [6.45, 7) is 2.02. The van der Waals surface area contributed by atoms with Gasteiger partial charge in [0, 0.05) is 11.8 Å². The summed E-state index contributed by atoms with van der Waals surface area (Å²) in [4.78, 5) is 4.43. The fourth-order valence-corrected chi connectivity index (χ4v) is 2.80. The summed E-state index contributed by atoms with van der Waals surface area (Å²) in [6, 6.07) is 2.26. The summed E-state index contributed by atoms with van der Waals surface area (Å²) in [5, 5.41) is 7.37. The lowest BCUT2D eigenvalue weighted by Crippen LogP contribution is -2.29. The molecule has 0 aliphatic rings. The Hall–Kier alpha value is -0.750. The van der Waals surface area contributed by atoms with Crippen molar-refractivity contribution in [3.05, 3.63) is 38.5 Å². The van der Waals surface area contributed by atoms with Crippen LogP contribution in [0.2, 0.25) is 0 Å². The van der Waals surface area contributed by atoms with E-state index in [2.05, 4.69) is 32.6 Å². The molecule has 2 aromatic heterocycles. The SMILES string of the molecule is Cc1nc(CC(NN)c2ccsc2)cs1. The van der Waals surface area contributed by atoms with Gasteiger partial charge in [0.05, 0.1) is 16.7 Å². The van der Waals surface area contributed by atoms with Crippen molar-refractivity contribution in [1.82, 2.24) is 10.4 Å². The number of nitrogens with one attached hydrogen (secondary N) is 1. The van der Waals surface area contributed by atoms with Crippen LogP contribution in [0.4, 0.5) is 0 Å². The third-order valence-electron chi connectivity index (χ3n) is 2.23. The molecular weight excluding hydrogens is 226 g/mol. The number of aromatic nitrogens is 1. The number of thiophene rings is 1. The second-order valence-electron chi connectivity index (χ2n) is 3.34. The summed E-state index contributed by atoms with van der Waals surface area (Å²) in [7, 11) is 0. The Balaban J connectivity index is 2.09. The van der Waals surface area contributed by atoms with Crippen molar-refractivity contribution in [2.75, 3.05) is 0 Å². The largest absolute Gasteiger partial charge is 0.271 e. The fourth-order valence-electron chi connectivity index (χ4n) is 1.46. The van der Waals surface area contributed by atoms with Gasteiger partial charge in [-0.15, -0.1) is 11.3 Å². The molecule has 0 spiro atoms. The molecule has 2 heterocycles. The van der Waals surface area contributed by atoms with Gasteiger partial charge >= 0.3 is 0 Å². The van der Waals surface area contributed by atoms with Crippen LogP contribution in [-0.4, -0.2) is 4.98 Å². The van der Waals surface area contributed by atoms with Crippen LogP contribution in [0.3, 0.4) is 0 Å². The van der Waals surface area contributed by atoms with Crippen molar-refractivity contribution in [3.63, 3.8) is 0 Å². The lowest BCUT2D eigenvalue weighted by atomic mass is 10.1. The zero-order valence-electron chi connectivity index (χ0n) is 8.43. The highest BCUT2D eigenvalue weighted by molar-refractivity contribution is 7.09. The van der Waals surface area contributed by atoms with Crippen molar-refractivity contribution in [2.45, 2.75) is 19.4 Å². The Labute approximate surface area is 96.9 Å². The molecule has 1 atom stereocenters. The molecule has 3 N–H and O–H groups in total. The van der Waals surface area contributed by atoms with Crippen LogP contribution in [0.25, 0.3) is 0 Å². The highest BCUT2D eigenvalue weighted by Gasteiger charge is 2.12. The number of aryl methyl sites for hydroxylation is 1. The van der Waals surface area contributed by atoms with Gasteiger partial charge in [-0.3, -0.25) is 11.3 Å². The summed E-state index contributed by atoms with van der Waals surface area (Å²) in [5.41, 5.74) is 5.17. The van der Waals surface area contributed by atoms with Gasteiger partial charge in [0.15, 0.2) is 0 Å². The Morgan fingerprint density at radius 3 is 2.93 bits per heavy atom. The smallest absolute Gasteiger partial charge is 0.0897 e. The molecule has 2 aromatic rings. The van der Waals surface area contributed by atoms with E-state index in [0.29, 0.717) is 0 Å². The standard InChI is InChI=1S/C10H13N3S2/c1-7-12-9(6-15-7)4-10(13-11)8-2-3-14-5-8/h2-3,5-6,10,13H,4,11H2,1H3. The molecule has 0 aliphatic carbocycles. The number of thiazole rings is 1. The minimum Gasteiger partial charge on any atom is -0.271 e. The van der Waals surface area contributed by atoms with Crippen molar-refractivity contribution in [2.24, 2.45) is 5.84 Å². The molecule has 2 rings (SSSR count). The van der Waals surface area contributed by atoms with E-state index in [1.807, 2.05) is 6.92 Å². The summed E-state index contributed by atoms with van der Waals surface area (Å²) in [5.74, 6) is 5.55. The van der Waals surface area contributed by atoms with E-state index in [1.165, 1.54) is 5.56 Å². The molecule has 0 radical (unpaired) electrons. The van der Waals surface area contributed by atoms with Crippen LogP contribution >= 0.6 is 22.7 Å². The molecule has 3 nitrogen and oxygen atoms in total. The maximum absolute atomic E-state index is 5.55. The molecule has 15 heavy (non-hydrogen) atoms. The maximum Gasteiger partial charge on any atom is 0.0897 e. The monoisotopic (exact) mass is 239 g/mol. The molecular formula is C10H13N3S2. The van der Waals surface area contributed by atoms with Gasteiger partial charge in [-0.25, -0.2) is 4.98 Å². The molecule has 1 unspecified atom stereocenters. The zero-order chi connectivity index (χ0) is 10.7. The molecule has 0 aromatic carbocycles. The van der Waals surface area contributed by atoms with Crippen molar-refractivity contribution < 1.29 is 0 Å². The quantitative estimate of drug-likeness (QED) is 0.635. The predicted octanol–water partition coefficient (Wildman–Crippen LogP) is 2.26. The third-order valence-corrected chi connectivity index (χ3v) is 3.75. The van der Waals surface area contributed by atoms with Gasteiger partial charge in [0.25, 0.3) is 0 Å². The van der Waals surface area contributed by atoms with Crippen LogP contribution in [-0.2, 0) is 6.42 Å². The summed E-state index contributed by atoms with van der Waals surface area (Å²) in [6.07, 6.45) is 0.845. The molecule has 0 fully saturated rings. The number of nitrogens with zero attached hydrogens (tertiary/aromatic N) is 1. The van der Waals surface area contributed by atoms with Crippen LogP contribution in [0, 0.1) is 6.92 Å². The molecule has 80 valence electrons. The first-order chi connectivity index (χ1) is 7.29. The highest BCUT2D eigenvalue weighted by atomic mass is 32.1. The first-order valence-corrected chi connectivity index (χ1v) is 6.51. The number of hydrogen-bond acceptors (Lipinski definition) is 5. The first kappa shape index (κ1) is 10.8. The zero-order valence-corrected chi connectivity index (χ0v) is 10.1. The van der Waals surface area contributed by atoms with Crippen LogP contribution in [0.15, 0.2) is 22.2 Å². The summed E-state index contributed by atoms with van der Waals surface area (Å²) >= 11 is 3.36. The van der Waals surface area contributed by atoms with E-state index in [1.54, 1.807) is 22.7 Å². The number of rotatable bonds is 4. The maximum atomic E-state index is 5.55. The third kappa shape index (κ3) is 2.63. The van der Waals surface area contributed by atoms with Crippen LogP contribution < -0.4 is 11.3 Å². The Kier molecular flexibility index (Phi) is 3.48. The molecule has 0 bridgehead atoms. The van der Waals surface area contributed by atoms with E-state index < -0.39 is 0 Å². The Morgan fingerprint density at radius 2 is 2.40 bits per heavy atom. The van der Waals surface area contributed by atoms with Crippen molar-refractivity contribution in [3.8, 4) is 0 Å². The molecule has 0 saturated carbocycles. The predicted molar refractivity (Wildman–Crippen MR) is 64.9 cm³/mol. The van der Waals surface area contributed by atoms with Crippen molar-refractivity contribution in [1.29, 1.82) is 0 Å². The average Bonchev–Trinajstić information content (AvgIpc) is 2.85. The second-order valence-corrected chi connectivity index (χ2v) is 5.18. The fraction of sp³-hybridized carbons (Fsp3) is 0.300. The van der Waals surface area contributed by atoms with E-state index in [-0.39, 0.29) is 6.04 Å². The number of hydrazine groups is 1. The van der Waals surface area contributed by atoms with E-state index >= 15 is 0 Å². The lowest BCUT2D eigenvalue weighted by molar-refractivity contribution is 0.548. The van der Waals surface area contributed by atoms with E-state index in [9.17, 15) is 0 Å². The van der Waals surface area contributed by atoms with E-state index in [4.69, 9.17) is 5.84 Å². The van der Waals surface area contributed by atoms with Gasteiger partial charge in [-0.1, -0.05) is 0 Å². The van der Waals surface area contributed by atoms with Crippen molar-refractivity contribution >= 4 is 22.7 Å². The average molecular weight is 239 g/mol. The second kappa shape index (κ2) is 4.85. The Bertz CT molecular complexity index is 408. The summed E-state index contributed by atoms with van der Waals surface area (Å²) < 4.78 is 0. The van der Waals surface area contributed by atoms with E-state index in [0.717, 1.165) is 17.1 Å². The number of hydrogen-bond donors (Lipinski definition) is 2. The Morgan fingerprint density at radius 1 is 1.53 bits per heavy atom.